The predicted molar refractivity (Wildman–Crippen MR) is 267 cm³/mol. The Balaban J connectivity index is 0.00000688. The quantitative estimate of drug-likeness (QED) is 0.112. The molecule has 11 aromatic rings. The second-order valence-corrected chi connectivity index (χ2v) is 16.8. The average molecular weight is 1070 g/mol. The normalized spacial score (nSPS) is 13.4. The molecule has 0 spiro atoms. The second-order valence-electron chi connectivity index (χ2n) is 16.8. The minimum absolute atomic E-state index is 0. The van der Waals surface area contributed by atoms with E-state index in [4.69, 9.17) is 18.7 Å². The summed E-state index contributed by atoms with van der Waals surface area (Å²) < 4.78 is 93.1. The summed E-state index contributed by atoms with van der Waals surface area (Å²) in [7, 11) is 0. The minimum Gasteiger partial charge on any atom is -0.359 e. The molecule has 0 aliphatic carbocycles. The van der Waals surface area contributed by atoms with Gasteiger partial charge in [-0.05, 0) is 80.7 Å². The topological polar surface area (TPSA) is 77.4 Å². The molecule has 3 heterocycles. The van der Waals surface area contributed by atoms with E-state index in [1.54, 1.807) is 63.9 Å². The fraction of sp³-hybridized carbons (Fsp3) is 0.0667. The van der Waals surface area contributed by atoms with E-state index in [0.717, 1.165) is 27.4 Å². The fourth-order valence-electron chi connectivity index (χ4n) is 8.60. The van der Waals surface area contributed by atoms with Gasteiger partial charge >= 0.3 is 0 Å². The van der Waals surface area contributed by atoms with Crippen LogP contribution in [0.1, 0.15) is 51.2 Å². The molecule has 0 N–H and O–H groups in total. The van der Waals surface area contributed by atoms with Crippen molar-refractivity contribution >= 4 is 49.9 Å². The molecule has 0 aliphatic heterocycles. The second kappa shape index (κ2) is 17.8. The maximum atomic E-state index is 10.3. The molecule has 68 heavy (non-hydrogen) atoms. The van der Waals surface area contributed by atoms with Crippen LogP contribution in [0.5, 0.6) is 0 Å². The van der Waals surface area contributed by atoms with E-state index in [-0.39, 0.29) is 65.5 Å². The van der Waals surface area contributed by atoms with Crippen molar-refractivity contribution in [1.82, 2.24) is 14.1 Å². The van der Waals surface area contributed by atoms with Gasteiger partial charge in [0, 0.05) is 38.5 Å². The predicted octanol–water partition coefficient (Wildman–Crippen LogP) is 13.6. The molecule has 11 rings (SSSR count). The van der Waals surface area contributed by atoms with Crippen LogP contribution in [0.25, 0.3) is 72.3 Å². The van der Waals surface area contributed by atoms with Gasteiger partial charge in [-0.1, -0.05) is 159 Å². The standard InChI is InChI=1S/C60H41N7.Pt/c1-60(2,3)45-30-31-63-58(35-45)67-54-25-11-10-22-52(54)53-29-28-48(37-57(53)67)66(49-33-41(38-61)32-42(34-49)39-62)47-21-14-20-46(36-47)64-40-65(56-27-13-12-26-55(56)64)59-50(43-16-6-4-7-17-43)23-15-24-51(59)44-18-8-5-9-19-44;/h4-35H,1-3H3;/q-2;/i4D,5D,6D,7D,8D,9D,16D,17D,18D,19D;. The van der Waals surface area contributed by atoms with E-state index in [2.05, 4.69) is 68.1 Å². The maximum absolute atomic E-state index is 10.3. The number of nitriles is 2. The zero-order valence-corrected chi connectivity index (χ0v) is 38.9. The Kier molecular flexibility index (Phi) is 8.68. The molecule has 0 unspecified atom stereocenters. The minimum atomic E-state index is -0.599. The first-order valence-corrected chi connectivity index (χ1v) is 21.3. The molecule has 0 radical (unpaired) electrons. The summed E-state index contributed by atoms with van der Waals surface area (Å²) in [6.45, 7) is 6.44. The molecular formula is C60H41N7Pt-2. The van der Waals surface area contributed by atoms with Crippen molar-refractivity contribution in [2.75, 3.05) is 4.90 Å². The summed E-state index contributed by atoms with van der Waals surface area (Å²) in [5.41, 5.74) is 5.96. The number of nitrogens with zero attached hydrogens (tertiary/aromatic N) is 7. The molecule has 8 aromatic carbocycles. The Labute approximate surface area is 424 Å². The van der Waals surface area contributed by atoms with Crippen molar-refractivity contribution < 1.29 is 39.3 Å². The number of imidazole rings is 1. The Morgan fingerprint density at radius 2 is 1.28 bits per heavy atom. The number of hydrogen-bond donors (Lipinski definition) is 0. The number of hydrogen-bond acceptors (Lipinski definition) is 4. The Bertz CT molecular complexity index is 4220. The number of para-hydroxylation sites is 4. The average Bonchev–Trinajstić information content (AvgIpc) is 4.18. The van der Waals surface area contributed by atoms with Crippen molar-refractivity contribution in [2.45, 2.75) is 26.2 Å². The van der Waals surface area contributed by atoms with Crippen LogP contribution < -0.4 is 9.47 Å². The molecule has 328 valence electrons. The molecular weight excluding hydrogens is 1010 g/mol. The SMILES string of the molecule is [2H]c1c([2H])c([2H])c(-c2cccc(-c3c([2H])c([2H])c([2H])c([2H])c3[2H])c2-[n+]2[c-]n(-c3[c-]c(N(c4[c-]c5c(cc4)c4ccccc4n5-c4cc(C(C)(C)C)ccn4)c4cc(C#N)cc(C#N)c4)ccc3)c3ccccc32)c([2H])c1[2H].[Pt]. The van der Waals surface area contributed by atoms with Crippen LogP contribution >= 0.6 is 0 Å². The smallest absolute Gasteiger partial charge is 0.268 e. The van der Waals surface area contributed by atoms with Crippen LogP contribution in [0.15, 0.2) is 194 Å². The van der Waals surface area contributed by atoms with Crippen LogP contribution in [-0.4, -0.2) is 14.1 Å². The largest absolute Gasteiger partial charge is 0.359 e. The van der Waals surface area contributed by atoms with Gasteiger partial charge < -0.3 is 14.0 Å². The van der Waals surface area contributed by atoms with Gasteiger partial charge in [-0.2, -0.15) is 34.8 Å². The molecule has 0 saturated heterocycles. The van der Waals surface area contributed by atoms with Gasteiger partial charge in [-0.3, -0.25) is 4.57 Å². The van der Waals surface area contributed by atoms with E-state index in [1.165, 1.54) is 6.07 Å². The number of fused-ring (bicyclic) bond motifs is 4. The number of benzene rings is 8. The van der Waals surface area contributed by atoms with Gasteiger partial charge in [-0.25, -0.2) is 4.98 Å². The number of aromatic nitrogens is 4. The van der Waals surface area contributed by atoms with Gasteiger partial charge in [0.15, 0.2) is 0 Å². The summed E-state index contributed by atoms with van der Waals surface area (Å²) >= 11 is 0. The van der Waals surface area contributed by atoms with E-state index in [9.17, 15) is 10.5 Å². The molecule has 0 amide bonds. The number of pyridine rings is 1. The van der Waals surface area contributed by atoms with Crippen molar-refractivity contribution in [3.63, 3.8) is 0 Å². The molecule has 7 nitrogen and oxygen atoms in total. The summed E-state index contributed by atoms with van der Waals surface area (Å²) in [6.07, 6.45) is 5.24. The van der Waals surface area contributed by atoms with Gasteiger partial charge in [0.2, 0.25) is 0 Å². The Hall–Kier alpha value is -8.35. The monoisotopic (exact) mass is 1060 g/mol. The molecule has 3 aromatic heterocycles. The zero-order chi connectivity index (χ0) is 54.4. The molecule has 0 atom stereocenters. The first-order chi connectivity index (χ1) is 36.9. The summed E-state index contributed by atoms with van der Waals surface area (Å²) in [4.78, 5) is 6.72. The van der Waals surface area contributed by atoms with E-state index in [1.807, 2.05) is 65.6 Å². The van der Waals surface area contributed by atoms with Crippen molar-refractivity contribution in [3.8, 4) is 51.6 Å². The van der Waals surface area contributed by atoms with Gasteiger partial charge in [-0.15, -0.1) is 23.6 Å². The fourth-order valence-corrected chi connectivity index (χ4v) is 8.60. The van der Waals surface area contributed by atoms with Gasteiger partial charge in [0.1, 0.15) is 5.82 Å². The molecule has 0 aliphatic rings. The van der Waals surface area contributed by atoms with Crippen LogP contribution in [0, 0.1) is 41.1 Å². The Morgan fingerprint density at radius 3 is 1.96 bits per heavy atom. The van der Waals surface area contributed by atoms with Crippen LogP contribution in [-0.2, 0) is 26.5 Å². The molecule has 8 heteroatoms. The molecule has 0 saturated carbocycles. The van der Waals surface area contributed by atoms with E-state index in [0.29, 0.717) is 39.6 Å². The van der Waals surface area contributed by atoms with Crippen molar-refractivity contribution in [3.05, 3.63) is 229 Å². The van der Waals surface area contributed by atoms with Gasteiger partial charge in [0.25, 0.3) is 6.33 Å². The van der Waals surface area contributed by atoms with E-state index >= 15 is 0 Å². The van der Waals surface area contributed by atoms with Crippen LogP contribution in [0.2, 0.25) is 0 Å². The first kappa shape index (κ1) is 33.2. The van der Waals surface area contributed by atoms with Crippen molar-refractivity contribution in [2.24, 2.45) is 0 Å². The maximum Gasteiger partial charge on any atom is 0.268 e. The number of anilines is 3. The van der Waals surface area contributed by atoms with Gasteiger partial charge in [0.05, 0.1) is 53.7 Å². The number of rotatable bonds is 8. The third-order valence-electron chi connectivity index (χ3n) is 11.7. The molecule has 0 bridgehead atoms. The summed E-state index contributed by atoms with van der Waals surface area (Å²) in [6, 6.07) is 44.5. The summed E-state index contributed by atoms with van der Waals surface area (Å²) in [5, 5.41) is 22.4. The third-order valence-corrected chi connectivity index (χ3v) is 11.7. The molecule has 0 fully saturated rings. The van der Waals surface area contributed by atoms with Crippen LogP contribution in [0.3, 0.4) is 0 Å². The van der Waals surface area contributed by atoms with Crippen LogP contribution in [0.4, 0.5) is 17.1 Å². The summed E-state index contributed by atoms with van der Waals surface area (Å²) in [5.74, 6) is 0.696. The van der Waals surface area contributed by atoms with E-state index < -0.39 is 60.4 Å². The zero-order valence-electron chi connectivity index (χ0n) is 46.6. The van der Waals surface area contributed by atoms with Crippen molar-refractivity contribution in [1.29, 1.82) is 10.5 Å². The Morgan fingerprint density at radius 1 is 0.647 bits per heavy atom. The third kappa shape index (κ3) is 7.74. The first-order valence-electron chi connectivity index (χ1n) is 26.3.